The Kier molecular flexibility index (Phi) is 11.4. The van der Waals surface area contributed by atoms with E-state index in [1.165, 1.54) is 16.0 Å². The van der Waals surface area contributed by atoms with Gasteiger partial charge < -0.3 is 6.92 Å². The van der Waals surface area contributed by atoms with E-state index < -0.39 is 5.92 Å². The first-order valence-electron chi connectivity index (χ1n) is 9.40. The largest absolute Gasteiger partial charge is 2.00 e. The number of benzene rings is 2. The predicted molar refractivity (Wildman–Crippen MR) is 118 cm³/mol. The van der Waals surface area contributed by atoms with Crippen molar-refractivity contribution in [3.63, 3.8) is 0 Å². The standard InChI is InChI=1S/C10H9N2O2.C10H8N.C3H7.Al.U/c1-7-9(13)11-12(10(7)14)8-5-3-2-4-6-8;1-8-4-2-6-10-9(8)5-3-7-11-10;1-3-2;;/h3-7H,1H3,(H,11,13);2-5,7H,1H3;1,3H2,2H3;;/q;2*-1;;+2. The smallest absolute Gasteiger partial charge is 0.344 e. The second-order valence-corrected chi connectivity index (χ2v) is 7.19. The van der Waals surface area contributed by atoms with Gasteiger partial charge >= 0.3 is 31.1 Å². The summed E-state index contributed by atoms with van der Waals surface area (Å²) in [6.07, 6.45) is 2.79. The van der Waals surface area contributed by atoms with Crippen LogP contribution in [-0.4, -0.2) is 33.1 Å². The van der Waals surface area contributed by atoms with Crippen LogP contribution in [0.3, 0.4) is 0 Å². The molecule has 0 aliphatic carbocycles. The maximum absolute atomic E-state index is 11.6. The van der Waals surface area contributed by atoms with Gasteiger partial charge in [0.2, 0.25) is 0 Å². The molecule has 0 spiro atoms. The topological polar surface area (TPSA) is 62.3 Å². The van der Waals surface area contributed by atoms with E-state index >= 15 is 0 Å². The molecule has 150 valence electrons. The van der Waals surface area contributed by atoms with Crippen molar-refractivity contribution in [3.8, 4) is 0 Å². The number of nitrogens with zero attached hydrogens (tertiary/aromatic N) is 2. The summed E-state index contributed by atoms with van der Waals surface area (Å²) in [4.78, 5) is 27.1. The van der Waals surface area contributed by atoms with Gasteiger partial charge in [0.05, 0.1) is 5.69 Å². The van der Waals surface area contributed by atoms with Gasteiger partial charge in [-0.3, -0.25) is 20.0 Å². The molecule has 1 N–H and O–H groups in total. The van der Waals surface area contributed by atoms with Gasteiger partial charge in [0.25, 0.3) is 11.8 Å². The summed E-state index contributed by atoms with van der Waals surface area (Å²) < 4.78 is 1.03. The molecular formula is C23H24AlN3O2U. The predicted octanol–water partition coefficient (Wildman–Crippen LogP) is 3.07. The number of anilines is 1. The fourth-order valence-electron chi connectivity index (χ4n) is 2.56. The first-order valence-corrected chi connectivity index (χ1v) is 9.98. The summed E-state index contributed by atoms with van der Waals surface area (Å²) in [6, 6.07) is 18.4. The van der Waals surface area contributed by atoms with Crippen molar-refractivity contribution in [1.29, 1.82) is 0 Å². The molecule has 4 rings (SSSR count). The number of carbonyl (C=O) groups is 2. The number of hydrazine groups is 1. The first-order chi connectivity index (χ1) is 13.9. The zero-order chi connectivity index (χ0) is 21.4. The van der Waals surface area contributed by atoms with Crippen LogP contribution in [0.5, 0.6) is 0 Å². The monoisotopic (exact) mass is 639 g/mol. The number of amides is 2. The molecule has 1 atom stereocenters. The van der Waals surface area contributed by atoms with Gasteiger partial charge in [0.15, 0.2) is 16.3 Å². The minimum absolute atomic E-state index is 0. The summed E-state index contributed by atoms with van der Waals surface area (Å²) in [6.45, 7) is 9.18. The van der Waals surface area contributed by atoms with Crippen LogP contribution >= 0.6 is 0 Å². The fraction of sp³-hybridized carbons (Fsp3) is 0.217. The molecule has 2 heterocycles. The summed E-state index contributed by atoms with van der Waals surface area (Å²) in [5.74, 6) is -1.06. The molecule has 1 aromatic heterocycles. The normalized spacial score (nSPS) is 14.7. The molecule has 2 amide bonds. The summed E-state index contributed by atoms with van der Waals surface area (Å²) in [5.41, 5.74) is 5.42. The van der Waals surface area contributed by atoms with E-state index in [-0.39, 0.29) is 42.9 Å². The molecule has 7 heteroatoms. The third kappa shape index (κ3) is 6.97. The van der Waals surface area contributed by atoms with Crippen molar-refractivity contribution in [2.45, 2.75) is 27.2 Å². The molecule has 30 heavy (non-hydrogen) atoms. The van der Waals surface area contributed by atoms with Crippen molar-refractivity contribution in [3.05, 3.63) is 73.3 Å². The van der Waals surface area contributed by atoms with Crippen LogP contribution in [0.25, 0.3) is 10.9 Å². The SMILES string of the molecule is CC1C(=O)NN(c2cc[c]([Al])cc2)C1=O.Cc1cc[c-]c2ncccc12.[CH2-]CC.[U+2]. The molecule has 1 unspecified atom stereocenters. The van der Waals surface area contributed by atoms with E-state index in [1.54, 1.807) is 25.3 Å². The Hall–Kier alpha value is -1.63. The molecule has 2 aromatic carbocycles. The summed E-state index contributed by atoms with van der Waals surface area (Å²) in [7, 11) is 0. The van der Waals surface area contributed by atoms with Crippen LogP contribution < -0.4 is 14.9 Å². The number of fused-ring (bicyclic) bond motifs is 1. The third-order valence-corrected chi connectivity index (χ3v) is 4.53. The Bertz CT molecular complexity index is 974. The van der Waals surface area contributed by atoms with E-state index in [9.17, 15) is 9.59 Å². The average Bonchev–Trinajstić information content (AvgIpc) is 2.98. The average molecular weight is 639 g/mol. The third-order valence-electron chi connectivity index (χ3n) is 4.14. The van der Waals surface area contributed by atoms with Crippen LogP contribution in [0.15, 0.2) is 54.7 Å². The van der Waals surface area contributed by atoms with Crippen LogP contribution in [0, 0.1) is 56.9 Å². The summed E-state index contributed by atoms with van der Waals surface area (Å²) in [5, 5.41) is 2.48. The number of aryl methyl sites for hydroxylation is 1. The Morgan fingerprint density at radius 1 is 1.20 bits per heavy atom. The van der Waals surface area contributed by atoms with Gasteiger partial charge in [-0.05, 0) is 24.6 Å². The van der Waals surface area contributed by atoms with E-state index in [2.05, 4.69) is 52.7 Å². The Labute approximate surface area is 210 Å². The zero-order valence-electron chi connectivity index (χ0n) is 17.5. The maximum atomic E-state index is 11.6. The van der Waals surface area contributed by atoms with Crippen molar-refractivity contribution in [2.75, 3.05) is 5.01 Å². The fourth-order valence-corrected chi connectivity index (χ4v) is 2.75. The van der Waals surface area contributed by atoms with Crippen molar-refractivity contribution in [2.24, 2.45) is 5.92 Å². The molecule has 2 radical (unpaired) electrons. The van der Waals surface area contributed by atoms with E-state index in [0.29, 0.717) is 5.69 Å². The van der Waals surface area contributed by atoms with E-state index in [1.807, 2.05) is 37.3 Å². The Balaban J connectivity index is 0.000000266. The molecular weight excluding hydrogens is 615 g/mol. The Morgan fingerprint density at radius 2 is 1.83 bits per heavy atom. The minimum Gasteiger partial charge on any atom is -0.344 e. The zero-order valence-corrected chi connectivity index (χ0v) is 22.8. The van der Waals surface area contributed by atoms with E-state index in [4.69, 9.17) is 0 Å². The van der Waals surface area contributed by atoms with Gasteiger partial charge in [-0.2, -0.15) is 30.2 Å². The molecule has 0 saturated carbocycles. The molecule has 5 nitrogen and oxygen atoms in total. The van der Waals surface area contributed by atoms with Crippen LogP contribution in [0.1, 0.15) is 25.8 Å². The second-order valence-electron chi connectivity index (χ2n) is 6.52. The number of rotatable bonds is 1. The Morgan fingerprint density at radius 3 is 2.37 bits per heavy atom. The van der Waals surface area contributed by atoms with Crippen LogP contribution in [0.4, 0.5) is 5.69 Å². The van der Waals surface area contributed by atoms with Crippen LogP contribution in [0.2, 0.25) is 0 Å². The molecule has 1 aliphatic rings. The summed E-state index contributed by atoms with van der Waals surface area (Å²) >= 11 is 2.56. The number of hydrogen-bond donors (Lipinski definition) is 1. The number of pyridine rings is 1. The molecule has 3 aromatic rings. The van der Waals surface area contributed by atoms with Crippen molar-refractivity contribution in [1.82, 2.24) is 10.4 Å². The minimum atomic E-state index is -0.597. The van der Waals surface area contributed by atoms with Gasteiger partial charge in [-0.15, -0.1) is 15.9 Å². The second kappa shape index (κ2) is 12.9. The van der Waals surface area contributed by atoms with Crippen molar-refractivity contribution >= 4 is 49.1 Å². The van der Waals surface area contributed by atoms with Gasteiger partial charge in [-0.1, -0.05) is 32.0 Å². The number of carbonyl (C=O) groups excluding carboxylic acids is 2. The maximum Gasteiger partial charge on any atom is 2.00 e. The molecule has 1 fully saturated rings. The molecule has 1 aliphatic heterocycles. The first kappa shape index (κ1) is 26.4. The van der Waals surface area contributed by atoms with Crippen LogP contribution in [-0.2, 0) is 9.59 Å². The number of hydrogen-bond acceptors (Lipinski definition) is 3. The molecule has 1 saturated heterocycles. The number of nitrogens with one attached hydrogen (secondary N) is 1. The molecule has 0 bridgehead atoms. The quantitative estimate of drug-likeness (QED) is 0.253. The number of aromatic nitrogens is 1. The van der Waals surface area contributed by atoms with Gasteiger partial charge in [0.1, 0.15) is 5.92 Å². The van der Waals surface area contributed by atoms with Gasteiger partial charge in [-0.25, -0.2) is 5.01 Å². The van der Waals surface area contributed by atoms with E-state index in [0.717, 1.165) is 16.4 Å². The van der Waals surface area contributed by atoms with Gasteiger partial charge in [0, 0.05) is 6.20 Å². The van der Waals surface area contributed by atoms with Crippen molar-refractivity contribution < 1.29 is 40.7 Å².